The van der Waals surface area contributed by atoms with Gasteiger partial charge < -0.3 is 14.8 Å². The Hall–Kier alpha value is -0.900. The number of hydrogen-bond acceptors (Lipinski definition) is 3. The molecule has 0 spiro atoms. The second-order valence-corrected chi connectivity index (χ2v) is 2.93. The summed E-state index contributed by atoms with van der Waals surface area (Å²) in [4.78, 5) is 21.1. The van der Waals surface area contributed by atoms with Gasteiger partial charge in [-0.15, -0.1) is 0 Å². The average molecular weight is 173 g/mol. The van der Waals surface area contributed by atoms with Crippen LogP contribution in [0.4, 0.5) is 0 Å². The molecule has 0 saturated carbocycles. The third-order valence-electron chi connectivity index (χ3n) is 1.60. The van der Waals surface area contributed by atoms with E-state index >= 15 is 0 Å². The smallest absolute Gasteiger partial charge is 0.251 e. The summed E-state index contributed by atoms with van der Waals surface area (Å²) in [6.45, 7) is 3.71. The number of nitrogens with one attached hydrogen (secondary N) is 1. The molecule has 0 radical (unpaired) electrons. The Labute approximate surface area is 72.3 Å². The Morgan fingerprint density at radius 3 is 2.58 bits per heavy atom. The first-order chi connectivity index (χ1) is 5.54. The summed E-state index contributed by atoms with van der Waals surface area (Å²) in [5.74, 6) is -0.202. The Kier molecular flexibility index (Phi) is 4.51. The third-order valence-corrected chi connectivity index (χ3v) is 1.60. The van der Waals surface area contributed by atoms with E-state index in [1.54, 1.807) is 13.8 Å². The van der Waals surface area contributed by atoms with Crippen LogP contribution in [0.3, 0.4) is 0 Å². The third kappa shape index (κ3) is 3.48. The van der Waals surface area contributed by atoms with E-state index in [1.807, 2.05) is 0 Å². The summed E-state index contributed by atoms with van der Waals surface area (Å²) in [6.07, 6.45) is 1.10. The maximum absolute atomic E-state index is 11.2. The molecule has 0 aromatic carbocycles. The van der Waals surface area contributed by atoms with Crippen molar-refractivity contribution < 1.29 is 14.3 Å². The predicted octanol–water partition coefficient (Wildman–Crippen LogP) is 0.117. The van der Waals surface area contributed by atoms with Gasteiger partial charge in [-0.1, -0.05) is 0 Å². The normalized spacial score (nSPS) is 10.9. The first kappa shape index (κ1) is 11.1. The van der Waals surface area contributed by atoms with E-state index < -0.39 is 5.60 Å². The topological polar surface area (TPSA) is 55.4 Å². The molecule has 12 heavy (non-hydrogen) atoms. The first-order valence-corrected chi connectivity index (χ1v) is 3.81. The highest BCUT2D eigenvalue weighted by molar-refractivity contribution is 5.84. The molecule has 0 aromatic heterocycles. The van der Waals surface area contributed by atoms with Crippen molar-refractivity contribution in [2.24, 2.45) is 0 Å². The highest BCUT2D eigenvalue weighted by Crippen LogP contribution is 2.06. The zero-order valence-corrected chi connectivity index (χ0v) is 7.72. The maximum Gasteiger partial charge on any atom is 0.251 e. The molecular formula is C8H15NO3. The number of carbonyl (C=O) groups excluding carboxylic acids is 2. The van der Waals surface area contributed by atoms with Gasteiger partial charge in [0, 0.05) is 20.1 Å². The molecule has 0 aliphatic carbocycles. The van der Waals surface area contributed by atoms with Gasteiger partial charge >= 0.3 is 0 Å². The maximum atomic E-state index is 11.2. The van der Waals surface area contributed by atoms with Gasteiger partial charge in [0.15, 0.2) is 0 Å². The lowest BCUT2D eigenvalue weighted by atomic mass is 10.1. The SMILES string of the molecule is COC(C)(C)C(=O)NCCC=O. The van der Waals surface area contributed by atoms with Gasteiger partial charge in [-0.2, -0.15) is 0 Å². The first-order valence-electron chi connectivity index (χ1n) is 3.81. The van der Waals surface area contributed by atoms with E-state index in [-0.39, 0.29) is 5.91 Å². The number of aldehydes is 1. The molecule has 0 aliphatic heterocycles. The lowest BCUT2D eigenvalue weighted by molar-refractivity contribution is -0.139. The lowest BCUT2D eigenvalue weighted by Gasteiger charge is -2.21. The Morgan fingerprint density at radius 1 is 1.58 bits per heavy atom. The van der Waals surface area contributed by atoms with E-state index in [0.717, 1.165) is 6.29 Å². The standard InChI is InChI=1S/C8H15NO3/c1-8(2,12-3)7(11)9-5-4-6-10/h6H,4-5H2,1-3H3,(H,9,11). The molecule has 0 heterocycles. The monoisotopic (exact) mass is 173 g/mol. The van der Waals surface area contributed by atoms with Crippen LogP contribution in [0.5, 0.6) is 0 Å². The van der Waals surface area contributed by atoms with E-state index in [2.05, 4.69) is 5.32 Å². The van der Waals surface area contributed by atoms with Crippen LogP contribution < -0.4 is 5.32 Å². The molecule has 1 N–H and O–H groups in total. The fourth-order valence-corrected chi connectivity index (χ4v) is 0.550. The molecule has 0 fully saturated rings. The lowest BCUT2D eigenvalue weighted by Crippen LogP contribution is -2.43. The van der Waals surface area contributed by atoms with Crippen LogP contribution >= 0.6 is 0 Å². The Bertz CT molecular complexity index is 166. The molecule has 70 valence electrons. The zero-order chi connectivity index (χ0) is 9.61. The van der Waals surface area contributed by atoms with Crippen LogP contribution in [-0.4, -0.2) is 31.4 Å². The summed E-state index contributed by atoms with van der Waals surface area (Å²) >= 11 is 0. The number of amides is 1. The van der Waals surface area contributed by atoms with Gasteiger partial charge in [0.05, 0.1) is 0 Å². The summed E-state index contributed by atoms with van der Waals surface area (Å²) in [5.41, 5.74) is -0.817. The fraction of sp³-hybridized carbons (Fsp3) is 0.750. The van der Waals surface area contributed by atoms with E-state index in [0.29, 0.717) is 13.0 Å². The van der Waals surface area contributed by atoms with Gasteiger partial charge in [0.1, 0.15) is 11.9 Å². The minimum atomic E-state index is -0.817. The molecule has 4 nitrogen and oxygen atoms in total. The van der Waals surface area contributed by atoms with Gasteiger partial charge in [0.25, 0.3) is 5.91 Å². The molecule has 0 saturated heterocycles. The zero-order valence-electron chi connectivity index (χ0n) is 7.72. The van der Waals surface area contributed by atoms with Gasteiger partial charge in [-0.25, -0.2) is 0 Å². The van der Waals surface area contributed by atoms with Gasteiger partial charge in [-0.3, -0.25) is 4.79 Å². The van der Waals surface area contributed by atoms with Crippen molar-refractivity contribution in [3.8, 4) is 0 Å². The second-order valence-electron chi connectivity index (χ2n) is 2.93. The second kappa shape index (κ2) is 4.87. The molecule has 0 rings (SSSR count). The number of methoxy groups -OCH3 is 1. The van der Waals surface area contributed by atoms with Crippen LogP contribution in [0, 0.1) is 0 Å². The van der Waals surface area contributed by atoms with Crippen molar-refractivity contribution in [3.05, 3.63) is 0 Å². The molecular weight excluding hydrogens is 158 g/mol. The predicted molar refractivity (Wildman–Crippen MR) is 44.8 cm³/mol. The van der Waals surface area contributed by atoms with Crippen molar-refractivity contribution in [3.63, 3.8) is 0 Å². The molecule has 0 unspecified atom stereocenters. The summed E-state index contributed by atoms with van der Waals surface area (Å²) in [6, 6.07) is 0. The quantitative estimate of drug-likeness (QED) is 0.474. The summed E-state index contributed by atoms with van der Waals surface area (Å²) < 4.78 is 4.93. The highest BCUT2D eigenvalue weighted by Gasteiger charge is 2.25. The van der Waals surface area contributed by atoms with Crippen LogP contribution in [0.1, 0.15) is 20.3 Å². The van der Waals surface area contributed by atoms with Crippen molar-refractivity contribution in [2.75, 3.05) is 13.7 Å². The Morgan fingerprint density at radius 2 is 2.17 bits per heavy atom. The van der Waals surface area contributed by atoms with E-state index in [1.165, 1.54) is 7.11 Å². The molecule has 1 amide bonds. The minimum Gasteiger partial charge on any atom is -0.369 e. The molecule has 0 aliphatic rings. The van der Waals surface area contributed by atoms with Gasteiger partial charge in [-0.05, 0) is 13.8 Å². The number of rotatable bonds is 5. The molecule has 0 atom stereocenters. The molecule has 0 bridgehead atoms. The van der Waals surface area contributed by atoms with Crippen molar-refractivity contribution in [1.82, 2.24) is 5.32 Å². The van der Waals surface area contributed by atoms with Crippen LogP contribution in [0.15, 0.2) is 0 Å². The van der Waals surface area contributed by atoms with Crippen LogP contribution in [0.2, 0.25) is 0 Å². The molecule has 0 aromatic rings. The average Bonchev–Trinajstić information content (AvgIpc) is 2.05. The number of hydrogen-bond donors (Lipinski definition) is 1. The van der Waals surface area contributed by atoms with Crippen molar-refractivity contribution in [2.45, 2.75) is 25.9 Å². The van der Waals surface area contributed by atoms with Crippen molar-refractivity contribution in [1.29, 1.82) is 0 Å². The summed E-state index contributed by atoms with van der Waals surface area (Å²) in [7, 11) is 1.47. The summed E-state index contributed by atoms with van der Waals surface area (Å²) in [5, 5.41) is 2.58. The highest BCUT2D eigenvalue weighted by atomic mass is 16.5. The van der Waals surface area contributed by atoms with Crippen LogP contribution in [0.25, 0.3) is 0 Å². The molecule has 4 heteroatoms. The van der Waals surface area contributed by atoms with Gasteiger partial charge in [0.2, 0.25) is 0 Å². The minimum absolute atomic E-state index is 0.202. The largest absolute Gasteiger partial charge is 0.369 e. The fourth-order valence-electron chi connectivity index (χ4n) is 0.550. The van der Waals surface area contributed by atoms with Crippen molar-refractivity contribution >= 4 is 12.2 Å². The van der Waals surface area contributed by atoms with E-state index in [4.69, 9.17) is 4.74 Å². The van der Waals surface area contributed by atoms with E-state index in [9.17, 15) is 9.59 Å². The number of ether oxygens (including phenoxy) is 1. The Balaban J connectivity index is 3.79. The van der Waals surface area contributed by atoms with Crippen LogP contribution in [-0.2, 0) is 14.3 Å². The number of carbonyl (C=O) groups is 2.